The SMILES string of the molecule is O=C([O-])[C@H]1CCCC[C@@H]1C(=O)Nc1nc2ccc(Cl)cc2s1. The first-order valence-electron chi connectivity index (χ1n) is 7.12. The average Bonchev–Trinajstić information content (AvgIpc) is 2.88. The van der Waals surface area contributed by atoms with E-state index in [0.29, 0.717) is 23.0 Å². The third-order valence-electron chi connectivity index (χ3n) is 3.99. The van der Waals surface area contributed by atoms with Crippen molar-refractivity contribution in [3.05, 3.63) is 23.2 Å². The Morgan fingerprint density at radius 2 is 2.00 bits per heavy atom. The third kappa shape index (κ3) is 3.08. The van der Waals surface area contributed by atoms with Gasteiger partial charge in [0.25, 0.3) is 0 Å². The number of aliphatic carboxylic acids is 1. The van der Waals surface area contributed by atoms with E-state index in [1.165, 1.54) is 11.3 Å². The van der Waals surface area contributed by atoms with Crippen LogP contribution in [0.4, 0.5) is 5.13 Å². The fourth-order valence-electron chi connectivity index (χ4n) is 2.88. The highest BCUT2D eigenvalue weighted by Crippen LogP contribution is 2.32. The Balaban J connectivity index is 1.78. The van der Waals surface area contributed by atoms with Gasteiger partial charge in [0.1, 0.15) is 0 Å². The summed E-state index contributed by atoms with van der Waals surface area (Å²) in [5.74, 6) is -2.69. The molecule has 22 heavy (non-hydrogen) atoms. The summed E-state index contributed by atoms with van der Waals surface area (Å²) >= 11 is 7.25. The molecule has 0 spiro atoms. The predicted molar refractivity (Wildman–Crippen MR) is 83.7 cm³/mol. The lowest BCUT2D eigenvalue weighted by Crippen LogP contribution is -2.42. The first kappa shape index (κ1) is 15.2. The number of carboxylic acids is 1. The van der Waals surface area contributed by atoms with E-state index in [4.69, 9.17) is 11.6 Å². The quantitative estimate of drug-likeness (QED) is 0.932. The molecule has 2 atom stereocenters. The minimum Gasteiger partial charge on any atom is -0.550 e. The van der Waals surface area contributed by atoms with Gasteiger partial charge in [0.2, 0.25) is 5.91 Å². The van der Waals surface area contributed by atoms with Crippen LogP contribution in [0.3, 0.4) is 0 Å². The van der Waals surface area contributed by atoms with E-state index < -0.39 is 17.8 Å². The highest BCUT2D eigenvalue weighted by molar-refractivity contribution is 7.22. The second kappa shape index (κ2) is 6.22. The molecule has 1 N–H and O–H groups in total. The van der Waals surface area contributed by atoms with Gasteiger partial charge in [0.15, 0.2) is 5.13 Å². The summed E-state index contributed by atoms with van der Waals surface area (Å²) < 4.78 is 0.878. The predicted octanol–water partition coefficient (Wildman–Crippen LogP) is 2.44. The second-order valence-electron chi connectivity index (χ2n) is 5.44. The number of aromatic nitrogens is 1. The van der Waals surface area contributed by atoms with Crippen LogP contribution >= 0.6 is 22.9 Å². The maximum Gasteiger partial charge on any atom is 0.229 e. The maximum atomic E-state index is 12.4. The van der Waals surface area contributed by atoms with Gasteiger partial charge >= 0.3 is 0 Å². The number of hydrogen-bond donors (Lipinski definition) is 1. The van der Waals surface area contributed by atoms with Crippen LogP contribution in [0, 0.1) is 11.8 Å². The van der Waals surface area contributed by atoms with Crippen molar-refractivity contribution in [3.63, 3.8) is 0 Å². The molecule has 7 heteroatoms. The zero-order chi connectivity index (χ0) is 15.7. The van der Waals surface area contributed by atoms with Crippen molar-refractivity contribution in [2.45, 2.75) is 25.7 Å². The number of thiazole rings is 1. The van der Waals surface area contributed by atoms with Crippen LogP contribution in [0.5, 0.6) is 0 Å². The number of anilines is 1. The molecule has 0 unspecified atom stereocenters. The third-order valence-corrected chi connectivity index (χ3v) is 5.15. The standard InChI is InChI=1S/C15H15ClN2O3S/c16-8-5-6-11-12(7-8)22-15(17-11)18-13(19)9-3-1-2-4-10(9)14(20)21/h5-7,9-10H,1-4H2,(H,20,21)(H,17,18,19)/p-1/t9-,10-/m0/s1. The summed E-state index contributed by atoms with van der Waals surface area (Å²) in [5.41, 5.74) is 0.754. The fraction of sp³-hybridized carbons (Fsp3) is 0.400. The molecule has 5 nitrogen and oxygen atoms in total. The van der Waals surface area contributed by atoms with Gasteiger partial charge in [-0.15, -0.1) is 0 Å². The van der Waals surface area contributed by atoms with Gasteiger partial charge in [0.05, 0.1) is 10.2 Å². The van der Waals surface area contributed by atoms with Crippen molar-refractivity contribution in [1.82, 2.24) is 4.98 Å². The number of rotatable bonds is 3. The van der Waals surface area contributed by atoms with Crippen molar-refractivity contribution in [1.29, 1.82) is 0 Å². The summed E-state index contributed by atoms with van der Waals surface area (Å²) in [6.45, 7) is 0. The van der Waals surface area contributed by atoms with E-state index in [1.807, 2.05) is 0 Å². The van der Waals surface area contributed by atoms with E-state index >= 15 is 0 Å². The largest absolute Gasteiger partial charge is 0.550 e. The van der Waals surface area contributed by atoms with Crippen LogP contribution in [0.15, 0.2) is 18.2 Å². The van der Waals surface area contributed by atoms with Gasteiger partial charge in [-0.05, 0) is 31.0 Å². The summed E-state index contributed by atoms with van der Waals surface area (Å²) in [6.07, 6.45) is 2.75. The minimum atomic E-state index is -1.14. The highest BCUT2D eigenvalue weighted by atomic mass is 35.5. The molecular weight excluding hydrogens is 324 g/mol. The van der Waals surface area contributed by atoms with Crippen LogP contribution in [-0.4, -0.2) is 16.9 Å². The van der Waals surface area contributed by atoms with Crippen LogP contribution < -0.4 is 10.4 Å². The Morgan fingerprint density at radius 3 is 2.73 bits per heavy atom. The molecule has 116 valence electrons. The van der Waals surface area contributed by atoms with E-state index in [1.54, 1.807) is 18.2 Å². The van der Waals surface area contributed by atoms with Crippen molar-refractivity contribution in [2.24, 2.45) is 11.8 Å². The number of amides is 1. The number of carboxylic acid groups (broad SMARTS) is 1. The van der Waals surface area contributed by atoms with Crippen molar-refractivity contribution in [3.8, 4) is 0 Å². The van der Waals surface area contributed by atoms with Crippen molar-refractivity contribution >= 4 is 50.2 Å². The van der Waals surface area contributed by atoms with Crippen molar-refractivity contribution < 1.29 is 14.7 Å². The van der Waals surface area contributed by atoms with E-state index in [0.717, 1.165) is 23.1 Å². The molecule has 1 aliphatic carbocycles. The van der Waals surface area contributed by atoms with Gasteiger partial charge in [-0.1, -0.05) is 35.8 Å². The molecule has 1 amide bonds. The monoisotopic (exact) mass is 337 g/mol. The smallest absolute Gasteiger partial charge is 0.229 e. The van der Waals surface area contributed by atoms with Gasteiger partial charge < -0.3 is 15.2 Å². The Labute approximate surface area is 136 Å². The first-order valence-corrected chi connectivity index (χ1v) is 8.32. The first-order chi connectivity index (χ1) is 10.5. The summed E-state index contributed by atoms with van der Waals surface area (Å²) in [4.78, 5) is 27.9. The zero-order valence-electron chi connectivity index (χ0n) is 11.7. The number of fused-ring (bicyclic) bond motifs is 1. The molecule has 2 aromatic rings. The second-order valence-corrected chi connectivity index (χ2v) is 6.90. The van der Waals surface area contributed by atoms with E-state index in [2.05, 4.69) is 10.3 Å². The minimum absolute atomic E-state index is 0.293. The molecule has 1 fully saturated rings. The Hall–Kier alpha value is -1.66. The molecule has 0 aliphatic heterocycles. The maximum absolute atomic E-state index is 12.4. The Kier molecular flexibility index (Phi) is 4.31. The Morgan fingerprint density at radius 1 is 1.27 bits per heavy atom. The van der Waals surface area contributed by atoms with Crippen molar-refractivity contribution in [2.75, 3.05) is 5.32 Å². The molecule has 3 rings (SSSR count). The normalized spacial score (nSPS) is 21.7. The summed E-state index contributed by atoms with van der Waals surface area (Å²) in [6, 6.07) is 5.31. The fourth-order valence-corrected chi connectivity index (χ4v) is 4.02. The molecule has 1 aromatic carbocycles. The lowest BCUT2D eigenvalue weighted by molar-refractivity contribution is -0.313. The molecular formula is C15H14ClN2O3S-. The molecule has 1 heterocycles. The Bertz CT molecular complexity index is 731. The molecule has 0 bridgehead atoms. The molecule has 0 radical (unpaired) electrons. The number of nitrogens with one attached hydrogen (secondary N) is 1. The summed E-state index contributed by atoms with van der Waals surface area (Å²) in [5, 5.41) is 15.0. The van der Waals surface area contributed by atoms with Gasteiger partial charge in [0, 0.05) is 22.8 Å². The van der Waals surface area contributed by atoms with Gasteiger partial charge in [-0.3, -0.25) is 4.79 Å². The van der Waals surface area contributed by atoms with Crippen LogP contribution in [0.1, 0.15) is 25.7 Å². The number of benzene rings is 1. The van der Waals surface area contributed by atoms with E-state index in [9.17, 15) is 14.7 Å². The molecule has 1 aliphatic rings. The number of carbonyl (C=O) groups is 2. The molecule has 1 saturated carbocycles. The average molecular weight is 338 g/mol. The molecule has 0 saturated heterocycles. The van der Waals surface area contributed by atoms with Gasteiger partial charge in [-0.25, -0.2) is 4.98 Å². The number of hydrogen-bond acceptors (Lipinski definition) is 5. The number of nitrogens with zero attached hydrogens (tertiary/aromatic N) is 1. The van der Waals surface area contributed by atoms with E-state index in [-0.39, 0.29) is 5.91 Å². The summed E-state index contributed by atoms with van der Waals surface area (Å²) in [7, 11) is 0. The number of carbonyl (C=O) groups excluding carboxylic acids is 2. The number of halogens is 1. The van der Waals surface area contributed by atoms with Crippen LogP contribution in [0.2, 0.25) is 5.02 Å². The zero-order valence-corrected chi connectivity index (χ0v) is 13.2. The lowest BCUT2D eigenvalue weighted by atomic mass is 9.79. The topological polar surface area (TPSA) is 82.1 Å². The molecule has 1 aromatic heterocycles. The van der Waals surface area contributed by atoms with Crippen LogP contribution in [-0.2, 0) is 9.59 Å². The van der Waals surface area contributed by atoms with Gasteiger partial charge in [-0.2, -0.15) is 0 Å². The highest BCUT2D eigenvalue weighted by Gasteiger charge is 2.32. The lowest BCUT2D eigenvalue weighted by Gasteiger charge is -2.30. The van der Waals surface area contributed by atoms with Crippen LogP contribution in [0.25, 0.3) is 10.2 Å².